The lowest BCUT2D eigenvalue weighted by Gasteiger charge is -2.37. The first-order valence-electron chi connectivity index (χ1n) is 21.2. The molecular weight excluding hydrogens is 808 g/mol. The summed E-state index contributed by atoms with van der Waals surface area (Å²) in [6, 6.07) is 29.9. The van der Waals surface area contributed by atoms with E-state index in [1.165, 1.54) is 0 Å². The highest BCUT2D eigenvalue weighted by Gasteiger charge is 2.42. The Labute approximate surface area is 368 Å². The highest BCUT2D eigenvalue weighted by Crippen LogP contribution is 2.36. The van der Waals surface area contributed by atoms with Crippen molar-refractivity contribution in [1.29, 1.82) is 5.26 Å². The van der Waals surface area contributed by atoms with Crippen LogP contribution >= 0.6 is 23.4 Å². The quantitative estimate of drug-likeness (QED) is 0.0617. The molecule has 3 aliphatic rings. The lowest BCUT2D eigenvalue weighted by molar-refractivity contribution is -0.138. The monoisotopic (exact) mass is 862 g/mol. The number of benzene rings is 4. The van der Waals surface area contributed by atoms with Gasteiger partial charge in [-0.05, 0) is 92.5 Å². The van der Waals surface area contributed by atoms with Gasteiger partial charge in [0.15, 0.2) is 0 Å². The molecule has 0 spiro atoms. The SMILES string of the molecule is Cc1c(COc2cc(OCc3cccc(C#N)c3)c(CNC(C)(C)C(=O)N3CCC(NC(=O)CCCC[C@@H]4SC[C@@H]5NC(=O)N[C@@H]54)CC3)cc2Cl)cccc1-c1ccccc1. The number of piperidine rings is 1. The van der Waals surface area contributed by atoms with E-state index in [9.17, 15) is 19.6 Å². The molecule has 0 aliphatic carbocycles. The molecule has 13 heteroatoms. The molecule has 320 valence electrons. The first-order chi connectivity index (χ1) is 29.5. The molecule has 4 N–H and O–H groups in total. The number of hydrogen-bond acceptors (Lipinski definition) is 8. The number of likely N-dealkylation sites (tertiary alicyclic amines) is 1. The van der Waals surface area contributed by atoms with Gasteiger partial charge in [0.1, 0.15) is 24.7 Å². The molecule has 3 atom stereocenters. The number of carbonyl (C=O) groups is 3. The zero-order chi connectivity index (χ0) is 42.9. The van der Waals surface area contributed by atoms with Crippen LogP contribution in [0.4, 0.5) is 4.79 Å². The Bertz CT molecular complexity index is 2240. The fourth-order valence-electron chi connectivity index (χ4n) is 8.36. The Morgan fingerprint density at radius 3 is 2.49 bits per heavy atom. The van der Waals surface area contributed by atoms with Crippen LogP contribution in [0.5, 0.6) is 11.5 Å². The number of amides is 4. The van der Waals surface area contributed by atoms with E-state index in [2.05, 4.69) is 58.5 Å². The van der Waals surface area contributed by atoms with Crippen LogP contribution < -0.4 is 30.7 Å². The maximum atomic E-state index is 13.9. The van der Waals surface area contributed by atoms with Gasteiger partial charge in [0, 0.05) is 54.7 Å². The van der Waals surface area contributed by atoms with Crippen LogP contribution in [0.2, 0.25) is 5.02 Å². The van der Waals surface area contributed by atoms with E-state index in [4.69, 9.17) is 21.1 Å². The highest BCUT2D eigenvalue weighted by atomic mass is 35.5. The molecule has 0 unspecified atom stereocenters. The van der Waals surface area contributed by atoms with E-state index in [0.717, 1.165) is 58.4 Å². The number of nitrogens with one attached hydrogen (secondary N) is 4. The summed E-state index contributed by atoms with van der Waals surface area (Å²) in [7, 11) is 0. The van der Waals surface area contributed by atoms with Crippen molar-refractivity contribution < 1.29 is 23.9 Å². The average Bonchev–Trinajstić information content (AvgIpc) is 3.83. The molecule has 3 fully saturated rings. The molecule has 0 radical (unpaired) electrons. The minimum absolute atomic E-state index is 0.0205. The standard InChI is InChI=1S/C48H55ClN6O5S/c1-31-35(15-10-16-38(31)34-13-5-4-6-14-34)29-60-42-25-41(59-28-33-12-9-11-32(23-33)26-50)36(24-39(42)49)27-51-48(2,3)46(57)55-21-19-37(20-22-55)52-44(56)18-8-7-17-43-45-40(30-61-43)53-47(58)54-45/h4-6,9-16,23-25,37,40,43,45,51H,7-8,17-22,27-30H2,1-3H3,(H,52,56)(H2,53,54,58)/t40-,43-,45-/m0/s1. The smallest absolute Gasteiger partial charge is 0.315 e. The van der Waals surface area contributed by atoms with Gasteiger partial charge in [0.05, 0.1) is 34.3 Å². The van der Waals surface area contributed by atoms with Crippen molar-refractivity contribution in [2.24, 2.45) is 0 Å². The molecule has 0 saturated carbocycles. The zero-order valence-corrected chi connectivity index (χ0v) is 36.7. The van der Waals surface area contributed by atoms with Gasteiger partial charge in [0.25, 0.3) is 0 Å². The summed E-state index contributed by atoms with van der Waals surface area (Å²) in [5, 5.41) is 22.9. The normalized spacial score (nSPS) is 18.8. The van der Waals surface area contributed by atoms with Crippen LogP contribution in [0.15, 0.2) is 84.9 Å². The lowest BCUT2D eigenvalue weighted by atomic mass is 9.97. The molecule has 4 aromatic rings. The molecule has 4 aromatic carbocycles. The summed E-state index contributed by atoms with van der Waals surface area (Å²) in [4.78, 5) is 40.3. The number of fused-ring (bicyclic) bond motifs is 1. The number of urea groups is 1. The van der Waals surface area contributed by atoms with Crippen molar-refractivity contribution in [3.63, 3.8) is 0 Å². The summed E-state index contributed by atoms with van der Waals surface area (Å²) in [5.41, 5.74) is 5.67. The van der Waals surface area contributed by atoms with Gasteiger partial charge in [-0.1, -0.05) is 78.7 Å². The summed E-state index contributed by atoms with van der Waals surface area (Å²) in [6.45, 7) is 7.77. The summed E-state index contributed by atoms with van der Waals surface area (Å²) in [6.07, 6.45) is 4.60. The molecule has 11 nitrogen and oxygen atoms in total. The lowest BCUT2D eigenvalue weighted by Crippen LogP contribution is -2.56. The number of ether oxygens (including phenoxy) is 2. The minimum atomic E-state index is -0.910. The van der Waals surface area contributed by atoms with E-state index in [1.807, 2.05) is 73.0 Å². The van der Waals surface area contributed by atoms with Crippen molar-refractivity contribution in [3.8, 4) is 28.7 Å². The third-order valence-electron chi connectivity index (χ3n) is 12.0. The molecule has 0 aromatic heterocycles. The Balaban J connectivity index is 0.931. The third-order valence-corrected chi connectivity index (χ3v) is 13.8. The number of unbranched alkanes of at least 4 members (excludes halogenated alkanes) is 1. The van der Waals surface area contributed by atoms with Crippen LogP contribution in [0.3, 0.4) is 0 Å². The zero-order valence-electron chi connectivity index (χ0n) is 35.1. The predicted molar refractivity (Wildman–Crippen MR) is 241 cm³/mol. The Morgan fingerprint density at radius 2 is 1.70 bits per heavy atom. The molecule has 3 saturated heterocycles. The number of rotatable bonds is 17. The van der Waals surface area contributed by atoms with Crippen molar-refractivity contribution in [3.05, 3.63) is 118 Å². The number of thioether (sulfide) groups is 1. The van der Waals surface area contributed by atoms with Crippen molar-refractivity contribution >= 4 is 41.2 Å². The fourth-order valence-corrected chi connectivity index (χ4v) is 10.1. The fraction of sp³-hybridized carbons (Fsp3) is 0.417. The molecule has 3 aliphatic heterocycles. The van der Waals surface area contributed by atoms with Gasteiger partial charge in [0.2, 0.25) is 11.8 Å². The number of nitriles is 1. The van der Waals surface area contributed by atoms with Crippen molar-refractivity contribution in [1.82, 2.24) is 26.2 Å². The largest absolute Gasteiger partial charge is 0.488 e. The molecular formula is C48H55ClN6O5S. The van der Waals surface area contributed by atoms with Crippen LogP contribution in [0.25, 0.3) is 11.1 Å². The average molecular weight is 864 g/mol. The third kappa shape index (κ3) is 11.2. The van der Waals surface area contributed by atoms with Gasteiger partial charge in [-0.25, -0.2) is 4.79 Å². The van der Waals surface area contributed by atoms with Crippen molar-refractivity contribution in [2.75, 3.05) is 18.8 Å². The van der Waals surface area contributed by atoms with Gasteiger partial charge >= 0.3 is 6.03 Å². The Kier molecular flexibility index (Phi) is 14.5. The second kappa shape index (κ2) is 20.1. The number of carbonyl (C=O) groups excluding carboxylic acids is 3. The molecule has 4 amide bonds. The van der Waals surface area contributed by atoms with Gasteiger partial charge < -0.3 is 30.3 Å². The second-order valence-corrected chi connectivity index (χ2v) is 18.4. The highest BCUT2D eigenvalue weighted by molar-refractivity contribution is 8.00. The van der Waals surface area contributed by atoms with Gasteiger partial charge in [-0.3, -0.25) is 14.9 Å². The minimum Gasteiger partial charge on any atom is -0.488 e. The Morgan fingerprint density at radius 1 is 0.934 bits per heavy atom. The van der Waals surface area contributed by atoms with E-state index in [1.54, 1.807) is 18.2 Å². The van der Waals surface area contributed by atoms with E-state index in [-0.39, 0.29) is 42.6 Å². The Hall–Kier alpha value is -5.22. The molecule has 0 bridgehead atoms. The first-order valence-corrected chi connectivity index (χ1v) is 22.6. The first kappa shape index (κ1) is 43.9. The summed E-state index contributed by atoms with van der Waals surface area (Å²) < 4.78 is 12.8. The van der Waals surface area contributed by atoms with Crippen LogP contribution in [0, 0.1) is 18.3 Å². The maximum Gasteiger partial charge on any atom is 0.315 e. The topological polar surface area (TPSA) is 145 Å². The molecule has 7 rings (SSSR count). The number of halogens is 1. The van der Waals surface area contributed by atoms with Crippen LogP contribution in [-0.4, -0.2) is 70.5 Å². The van der Waals surface area contributed by atoms with Crippen LogP contribution in [0.1, 0.15) is 80.2 Å². The molecule has 3 heterocycles. The van der Waals surface area contributed by atoms with E-state index >= 15 is 0 Å². The second-order valence-electron chi connectivity index (χ2n) is 16.7. The van der Waals surface area contributed by atoms with Crippen molar-refractivity contribution in [2.45, 2.75) is 108 Å². The van der Waals surface area contributed by atoms with E-state index < -0.39 is 5.54 Å². The summed E-state index contributed by atoms with van der Waals surface area (Å²) >= 11 is 8.79. The number of hydrogen-bond donors (Lipinski definition) is 4. The maximum absolute atomic E-state index is 13.9. The summed E-state index contributed by atoms with van der Waals surface area (Å²) in [5.74, 6) is 1.99. The number of nitrogens with zero attached hydrogens (tertiary/aromatic N) is 2. The van der Waals surface area contributed by atoms with Gasteiger partial charge in [-0.2, -0.15) is 17.0 Å². The predicted octanol–water partition coefficient (Wildman–Crippen LogP) is 8.05. The van der Waals surface area contributed by atoms with E-state index in [0.29, 0.717) is 72.8 Å². The molecule has 61 heavy (non-hydrogen) atoms. The van der Waals surface area contributed by atoms with Crippen LogP contribution in [-0.2, 0) is 29.3 Å². The van der Waals surface area contributed by atoms with Gasteiger partial charge in [-0.15, -0.1) is 0 Å².